The molecule has 0 amide bonds. The molecule has 2 nitrogen and oxygen atoms in total. The Labute approximate surface area is 94.1 Å². The molecular weight excluding hydrogens is 184 g/mol. The van der Waals surface area contributed by atoms with Gasteiger partial charge in [-0.15, -0.1) is 0 Å². The van der Waals surface area contributed by atoms with Gasteiger partial charge in [0.1, 0.15) is 0 Å². The molecule has 0 aromatic carbocycles. The topological polar surface area (TPSA) is 35.8 Å². The van der Waals surface area contributed by atoms with Crippen LogP contribution in [-0.4, -0.2) is 12.1 Å². The first kappa shape index (κ1) is 12.5. The van der Waals surface area contributed by atoms with Crippen LogP contribution in [0.3, 0.4) is 0 Å². The molecule has 2 atom stereocenters. The van der Waals surface area contributed by atoms with Crippen molar-refractivity contribution in [2.24, 2.45) is 5.92 Å². The van der Waals surface area contributed by atoms with Crippen LogP contribution in [0.4, 0.5) is 0 Å². The number of hydrogen-bond donors (Lipinski definition) is 1. The Morgan fingerprint density at radius 1 is 1.20 bits per heavy atom. The lowest BCUT2D eigenvalue weighted by atomic mass is 9.92. The largest absolute Gasteiger partial charge is 0.310 e. The SMILES string of the molecule is CC(CC#N)N[C@H](C)C1CCCCCC1. The van der Waals surface area contributed by atoms with Crippen molar-refractivity contribution in [2.75, 3.05) is 0 Å². The fraction of sp³-hybridized carbons (Fsp3) is 0.923. The zero-order valence-electron chi connectivity index (χ0n) is 10.1. The molecule has 1 aliphatic carbocycles. The molecule has 1 aliphatic rings. The highest BCUT2D eigenvalue weighted by molar-refractivity contribution is 4.82. The summed E-state index contributed by atoms with van der Waals surface area (Å²) in [6.07, 6.45) is 8.97. The third-order valence-electron chi connectivity index (χ3n) is 3.55. The average Bonchev–Trinajstić information content (AvgIpc) is 2.45. The van der Waals surface area contributed by atoms with Crippen LogP contribution in [-0.2, 0) is 0 Å². The van der Waals surface area contributed by atoms with E-state index < -0.39 is 0 Å². The lowest BCUT2D eigenvalue weighted by Crippen LogP contribution is -2.39. The molecule has 86 valence electrons. The van der Waals surface area contributed by atoms with Crippen LogP contribution in [0.5, 0.6) is 0 Å². The predicted octanol–water partition coefficient (Wildman–Crippen LogP) is 3.24. The summed E-state index contributed by atoms with van der Waals surface area (Å²) in [5, 5.41) is 12.2. The highest BCUT2D eigenvalue weighted by Crippen LogP contribution is 2.25. The first-order chi connectivity index (χ1) is 7.24. The van der Waals surface area contributed by atoms with E-state index in [4.69, 9.17) is 5.26 Å². The van der Waals surface area contributed by atoms with Crippen LogP contribution in [0.1, 0.15) is 58.8 Å². The Morgan fingerprint density at radius 3 is 2.33 bits per heavy atom. The molecule has 1 fully saturated rings. The lowest BCUT2D eigenvalue weighted by Gasteiger charge is -2.26. The fourth-order valence-electron chi connectivity index (χ4n) is 2.59. The van der Waals surface area contributed by atoms with Gasteiger partial charge in [-0.1, -0.05) is 25.7 Å². The molecule has 0 spiro atoms. The normalized spacial score (nSPS) is 22.7. The van der Waals surface area contributed by atoms with Gasteiger partial charge >= 0.3 is 0 Å². The fourth-order valence-corrected chi connectivity index (χ4v) is 2.59. The van der Waals surface area contributed by atoms with Gasteiger partial charge < -0.3 is 5.32 Å². The number of nitrogens with one attached hydrogen (secondary N) is 1. The predicted molar refractivity (Wildman–Crippen MR) is 63.5 cm³/mol. The highest BCUT2D eigenvalue weighted by atomic mass is 14.9. The third kappa shape index (κ3) is 4.66. The van der Waals surface area contributed by atoms with Gasteiger partial charge in [0.25, 0.3) is 0 Å². The molecule has 15 heavy (non-hydrogen) atoms. The zero-order valence-corrected chi connectivity index (χ0v) is 10.1. The quantitative estimate of drug-likeness (QED) is 0.720. The molecule has 0 aliphatic heterocycles. The summed E-state index contributed by atoms with van der Waals surface area (Å²) >= 11 is 0. The highest BCUT2D eigenvalue weighted by Gasteiger charge is 2.19. The second kappa shape index (κ2) is 6.85. The van der Waals surface area contributed by atoms with E-state index >= 15 is 0 Å². The Balaban J connectivity index is 2.31. The van der Waals surface area contributed by atoms with E-state index in [-0.39, 0.29) is 0 Å². The van der Waals surface area contributed by atoms with Crippen molar-refractivity contribution in [1.29, 1.82) is 5.26 Å². The van der Waals surface area contributed by atoms with Crippen LogP contribution < -0.4 is 5.32 Å². The minimum absolute atomic E-state index is 0.341. The van der Waals surface area contributed by atoms with Gasteiger partial charge in [0, 0.05) is 12.1 Å². The average molecular weight is 208 g/mol. The summed E-state index contributed by atoms with van der Waals surface area (Å²) < 4.78 is 0. The van der Waals surface area contributed by atoms with Crippen LogP contribution in [0.25, 0.3) is 0 Å². The summed E-state index contributed by atoms with van der Waals surface area (Å²) in [6, 6.07) is 3.14. The smallest absolute Gasteiger partial charge is 0.0638 e. The van der Waals surface area contributed by atoms with E-state index in [2.05, 4.69) is 25.2 Å². The summed E-state index contributed by atoms with van der Waals surface area (Å²) in [4.78, 5) is 0. The lowest BCUT2D eigenvalue weighted by molar-refractivity contribution is 0.315. The number of nitriles is 1. The molecule has 1 unspecified atom stereocenters. The zero-order chi connectivity index (χ0) is 11.1. The molecule has 0 heterocycles. The Morgan fingerprint density at radius 2 is 1.80 bits per heavy atom. The summed E-state index contributed by atoms with van der Waals surface area (Å²) in [5.41, 5.74) is 0. The molecule has 1 rings (SSSR count). The molecule has 0 saturated heterocycles. The van der Waals surface area contributed by atoms with E-state index in [0.717, 1.165) is 5.92 Å². The minimum atomic E-state index is 0.341. The van der Waals surface area contributed by atoms with Crippen molar-refractivity contribution in [2.45, 2.75) is 70.9 Å². The van der Waals surface area contributed by atoms with Gasteiger partial charge in [-0.05, 0) is 32.6 Å². The molecular formula is C13H24N2. The van der Waals surface area contributed by atoms with Gasteiger partial charge in [0.05, 0.1) is 12.5 Å². The second-order valence-corrected chi connectivity index (χ2v) is 4.97. The molecule has 1 N–H and O–H groups in total. The van der Waals surface area contributed by atoms with E-state index in [0.29, 0.717) is 18.5 Å². The monoisotopic (exact) mass is 208 g/mol. The van der Waals surface area contributed by atoms with Crippen molar-refractivity contribution in [3.05, 3.63) is 0 Å². The third-order valence-corrected chi connectivity index (χ3v) is 3.55. The van der Waals surface area contributed by atoms with Crippen molar-refractivity contribution in [1.82, 2.24) is 5.32 Å². The maximum Gasteiger partial charge on any atom is 0.0638 e. The molecule has 0 aromatic rings. The number of hydrogen-bond acceptors (Lipinski definition) is 2. The number of rotatable bonds is 4. The minimum Gasteiger partial charge on any atom is -0.310 e. The van der Waals surface area contributed by atoms with Crippen molar-refractivity contribution in [3.8, 4) is 6.07 Å². The Bertz CT molecular complexity index is 199. The maximum atomic E-state index is 8.61. The van der Waals surface area contributed by atoms with Crippen LogP contribution in [0, 0.1) is 17.2 Å². The molecule has 2 heteroatoms. The Hall–Kier alpha value is -0.550. The van der Waals surface area contributed by atoms with Gasteiger partial charge in [-0.2, -0.15) is 5.26 Å². The molecule has 0 radical (unpaired) electrons. The standard InChI is InChI=1S/C13H24N2/c1-11(9-10-14)15-12(2)13-7-5-3-4-6-8-13/h11-13,15H,3-9H2,1-2H3/t11?,12-/m1/s1. The second-order valence-electron chi connectivity index (χ2n) is 4.97. The van der Waals surface area contributed by atoms with E-state index in [1.165, 1.54) is 38.5 Å². The van der Waals surface area contributed by atoms with E-state index in [9.17, 15) is 0 Å². The molecule has 0 aromatic heterocycles. The maximum absolute atomic E-state index is 8.61. The van der Waals surface area contributed by atoms with E-state index in [1.54, 1.807) is 0 Å². The molecule has 1 saturated carbocycles. The van der Waals surface area contributed by atoms with Gasteiger partial charge in [0.15, 0.2) is 0 Å². The van der Waals surface area contributed by atoms with Crippen LogP contribution >= 0.6 is 0 Å². The first-order valence-electron chi connectivity index (χ1n) is 6.37. The van der Waals surface area contributed by atoms with Crippen molar-refractivity contribution >= 4 is 0 Å². The van der Waals surface area contributed by atoms with Crippen LogP contribution in [0.2, 0.25) is 0 Å². The summed E-state index contributed by atoms with van der Waals surface area (Å²) in [7, 11) is 0. The van der Waals surface area contributed by atoms with E-state index in [1.807, 2.05) is 0 Å². The van der Waals surface area contributed by atoms with Crippen LogP contribution in [0.15, 0.2) is 0 Å². The van der Waals surface area contributed by atoms with Crippen molar-refractivity contribution in [3.63, 3.8) is 0 Å². The summed E-state index contributed by atoms with van der Waals surface area (Å²) in [5.74, 6) is 0.827. The van der Waals surface area contributed by atoms with Crippen molar-refractivity contribution < 1.29 is 0 Å². The van der Waals surface area contributed by atoms with Gasteiger partial charge in [0.2, 0.25) is 0 Å². The number of nitrogens with zero attached hydrogens (tertiary/aromatic N) is 1. The Kier molecular flexibility index (Phi) is 5.71. The molecule has 0 bridgehead atoms. The first-order valence-corrected chi connectivity index (χ1v) is 6.37. The van der Waals surface area contributed by atoms with Gasteiger partial charge in [-0.3, -0.25) is 0 Å². The summed E-state index contributed by atoms with van der Waals surface area (Å²) in [6.45, 7) is 4.39. The van der Waals surface area contributed by atoms with Gasteiger partial charge in [-0.25, -0.2) is 0 Å².